The topological polar surface area (TPSA) is 97.4 Å². The maximum atomic E-state index is 12.8. The fourth-order valence-corrected chi connectivity index (χ4v) is 3.55. The normalized spacial score (nSPS) is 15.8. The number of benzene rings is 1. The second-order valence-electron chi connectivity index (χ2n) is 6.96. The number of likely N-dealkylation sites (tertiary alicyclic amines) is 1. The molecule has 3 heterocycles. The number of methoxy groups -OCH3 is 1. The molecular weight excluding hydrogens is 384 g/mol. The van der Waals surface area contributed by atoms with Gasteiger partial charge in [0, 0.05) is 30.6 Å². The van der Waals surface area contributed by atoms with E-state index in [1.54, 1.807) is 60.8 Å². The molecule has 1 N–H and O–H groups in total. The van der Waals surface area contributed by atoms with Crippen molar-refractivity contribution in [3.8, 4) is 22.8 Å². The second-order valence-corrected chi connectivity index (χ2v) is 6.96. The predicted octanol–water partition coefficient (Wildman–Crippen LogP) is 2.58. The third-order valence-electron chi connectivity index (χ3n) is 5.05. The fourth-order valence-electron chi connectivity index (χ4n) is 3.55. The first-order chi connectivity index (χ1) is 14.6. The van der Waals surface area contributed by atoms with E-state index in [2.05, 4.69) is 15.0 Å². The summed E-state index contributed by atoms with van der Waals surface area (Å²) in [5, 5.41) is 0. The van der Waals surface area contributed by atoms with Crippen molar-refractivity contribution >= 4 is 5.91 Å². The van der Waals surface area contributed by atoms with Crippen LogP contribution in [0.1, 0.15) is 24.7 Å². The summed E-state index contributed by atoms with van der Waals surface area (Å²) in [6.07, 6.45) is 4.87. The van der Waals surface area contributed by atoms with Gasteiger partial charge < -0.3 is 19.4 Å². The summed E-state index contributed by atoms with van der Waals surface area (Å²) >= 11 is 0. The average Bonchev–Trinajstić information content (AvgIpc) is 3.28. The Morgan fingerprint density at radius 2 is 1.90 bits per heavy atom. The molecule has 0 saturated carbocycles. The Hall–Kier alpha value is -3.68. The molecule has 1 saturated heterocycles. The number of rotatable bonds is 6. The highest BCUT2D eigenvalue weighted by atomic mass is 16.5. The maximum absolute atomic E-state index is 12.8. The third kappa shape index (κ3) is 4.32. The van der Waals surface area contributed by atoms with Gasteiger partial charge in [0.2, 0.25) is 0 Å². The Kier molecular flexibility index (Phi) is 5.74. The number of amides is 1. The quantitative estimate of drug-likeness (QED) is 0.676. The molecule has 8 heteroatoms. The Balaban J connectivity index is 1.49. The van der Waals surface area contributed by atoms with Crippen molar-refractivity contribution in [2.45, 2.75) is 18.9 Å². The van der Waals surface area contributed by atoms with Crippen LogP contribution in [-0.4, -0.2) is 46.0 Å². The van der Waals surface area contributed by atoms with E-state index >= 15 is 0 Å². The largest absolute Gasteiger partial charge is 0.497 e. The van der Waals surface area contributed by atoms with Gasteiger partial charge in [0.15, 0.2) is 6.61 Å². The lowest BCUT2D eigenvalue weighted by molar-refractivity contribution is -0.134. The molecule has 2 aromatic heterocycles. The summed E-state index contributed by atoms with van der Waals surface area (Å²) in [5.41, 5.74) is 1.11. The molecule has 1 aliphatic heterocycles. The van der Waals surface area contributed by atoms with Gasteiger partial charge >= 0.3 is 0 Å². The molecule has 1 amide bonds. The minimum atomic E-state index is -0.286. The van der Waals surface area contributed by atoms with Gasteiger partial charge in [-0.25, -0.2) is 4.98 Å². The Bertz CT molecular complexity index is 1070. The van der Waals surface area contributed by atoms with E-state index in [0.29, 0.717) is 23.8 Å². The monoisotopic (exact) mass is 406 g/mol. The number of carbonyl (C=O) groups excluding carboxylic acids is 1. The smallest absolute Gasteiger partial charge is 0.261 e. The number of ether oxygens (including phenoxy) is 2. The van der Waals surface area contributed by atoms with Gasteiger partial charge in [-0.05, 0) is 49.2 Å². The molecule has 0 radical (unpaired) electrons. The van der Waals surface area contributed by atoms with Crippen molar-refractivity contribution in [1.29, 1.82) is 0 Å². The second kappa shape index (κ2) is 8.77. The molecule has 0 aliphatic carbocycles. The van der Waals surface area contributed by atoms with Crippen LogP contribution >= 0.6 is 0 Å². The molecule has 0 spiro atoms. The predicted molar refractivity (Wildman–Crippen MR) is 110 cm³/mol. The molecule has 3 aromatic rings. The zero-order chi connectivity index (χ0) is 20.9. The highest BCUT2D eigenvalue weighted by Gasteiger charge is 2.32. The van der Waals surface area contributed by atoms with Crippen LogP contribution in [0, 0.1) is 0 Å². The van der Waals surface area contributed by atoms with E-state index < -0.39 is 0 Å². The lowest BCUT2D eigenvalue weighted by Crippen LogP contribution is -2.35. The molecule has 1 fully saturated rings. The number of H-pyrrole nitrogens is 1. The summed E-state index contributed by atoms with van der Waals surface area (Å²) < 4.78 is 10.8. The zero-order valence-corrected chi connectivity index (χ0v) is 16.6. The number of hydrogen-bond donors (Lipinski definition) is 1. The highest BCUT2D eigenvalue weighted by Crippen LogP contribution is 2.30. The molecule has 30 heavy (non-hydrogen) atoms. The minimum absolute atomic E-state index is 0.0862. The van der Waals surface area contributed by atoms with Crippen LogP contribution in [0.3, 0.4) is 0 Å². The standard InChI is InChI=1S/C22H22N4O4/c1-29-16-4-6-17(7-5-16)30-14-21(28)26-12-2-3-19(26)22-24-18(13-20(27)25-22)15-8-10-23-11-9-15/h4-11,13,19H,2-3,12,14H2,1H3,(H,24,25,27)/t19-/m1/s1. The summed E-state index contributed by atoms with van der Waals surface area (Å²) in [6, 6.07) is 11.8. The molecule has 1 aliphatic rings. The molecular formula is C22H22N4O4. The first kappa shape index (κ1) is 19.6. The molecule has 154 valence electrons. The van der Waals surface area contributed by atoms with Crippen LogP contribution in [0.2, 0.25) is 0 Å². The highest BCUT2D eigenvalue weighted by molar-refractivity contribution is 5.78. The van der Waals surface area contributed by atoms with Gasteiger partial charge in [0.25, 0.3) is 11.5 Å². The van der Waals surface area contributed by atoms with E-state index in [0.717, 1.165) is 24.2 Å². The number of carbonyl (C=O) groups is 1. The van der Waals surface area contributed by atoms with Gasteiger partial charge in [0.1, 0.15) is 17.3 Å². The third-order valence-corrected chi connectivity index (χ3v) is 5.05. The summed E-state index contributed by atoms with van der Waals surface area (Å²) in [6.45, 7) is 0.510. The SMILES string of the molecule is COc1ccc(OCC(=O)N2CCC[C@@H]2c2nc(-c3ccncc3)cc(=O)[nH]2)cc1. The lowest BCUT2D eigenvalue weighted by atomic mass is 10.1. The fraction of sp³-hybridized carbons (Fsp3) is 0.273. The maximum Gasteiger partial charge on any atom is 0.261 e. The molecule has 4 rings (SSSR count). The molecule has 8 nitrogen and oxygen atoms in total. The minimum Gasteiger partial charge on any atom is -0.497 e. The van der Waals surface area contributed by atoms with Crippen molar-refractivity contribution in [1.82, 2.24) is 19.9 Å². The van der Waals surface area contributed by atoms with E-state index in [9.17, 15) is 9.59 Å². The van der Waals surface area contributed by atoms with Crippen LogP contribution in [-0.2, 0) is 4.79 Å². The van der Waals surface area contributed by atoms with Crippen molar-refractivity contribution < 1.29 is 14.3 Å². The van der Waals surface area contributed by atoms with Gasteiger partial charge in [-0.15, -0.1) is 0 Å². The van der Waals surface area contributed by atoms with Crippen molar-refractivity contribution in [2.24, 2.45) is 0 Å². The van der Waals surface area contributed by atoms with Crippen LogP contribution in [0.25, 0.3) is 11.3 Å². The summed E-state index contributed by atoms with van der Waals surface area (Å²) in [4.78, 5) is 38.2. The number of nitrogens with one attached hydrogen (secondary N) is 1. The van der Waals surface area contributed by atoms with E-state index in [1.807, 2.05) is 0 Å². The van der Waals surface area contributed by atoms with Gasteiger partial charge in [0.05, 0.1) is 18.8 Å². The number of aromatic nitrogens is 3. The lowest BCUT2D eigenvalue weighted by Gasteiger charge is -2.24. The van der Waals surface area contributed by atoms with Crippen LogP contribution in [0.5, 0.6) is 11.5 Å². The van der Waals surface area contributed by atoms with E-state index in [4.69, 9.17) is 9.47 Å². The van der Waals surface area contributed by atoms with Gasteiger partial charge in [-0.3, -0.25) is 14.6 Å². The molecule has 1 aromatic carbocycles. The van der Waals surface area contributed by atoms with Crippen molar-refractivity contribution in [3.05, 3.63) is 71.0 Å². The number of pyridine rings is 1. The first-order valence-electron chi connectivity index (χ1n) is 9.72. The Morgan fingerprint density at radius 1 is 1.17 bits per heavy atom. The first-order valence-corrected chi connectivity index (χ1v) is 9.72. The molecule has 1 atom stereocenters. The average molecular weight is 406 g/mol. The summed E-state index contributed by atoms with van der Waals surface area (Å²) in [5.74, 6) is 1.65. The Labute approximate surface area is 173 Å². The number of nitrogens with zero attached hydrogens (tertiary/aromatic N) is 3. The van der Waals surface area contributed by atoms with Gasteiger partial charge in [-0.1, -0.05) is 0 Å². The van der Waals surface area contributed by atoms with Gasteiger partial charge in [-0.2, -0.15) is 0 Å². The molecule has 0 unspecified atom stereocenters. The van der Waals surface area contributed by atoms with Crippen LogP contribution in [0.15, 0.2) is 59.7 Å². The van der Waals surface area contributed by atoms with E-state index in [-0.39, 0.29) is 24.1 Å². The van der Waals surface area contributed by atoms with E-state index in [1.165, 1.54) is 6.07 Å². The van der Waals surface area contributed by atoms with Crippen molar-refractivity contribution in [2.75, 3.05) is 20.3 Å². The zero-order valence-electron chi connectivity index (χ0n) is 16.6. The number of hydrogen-bond acceptors (Lipinski definition) is 6. The van der Waals surface area contributed by atoms with Crippen LogP contribution in [0.4, 0.5) is 0 Å². The Morgan fingerprint density at radius 3 is 2.63 bits per heavy atom. The molecule has 0 bridgehead atoms. The number of aromatic amines is 1. The van der Waals surface area contributed by atoms with Crippen molar-refractivity contribution in [3.63, 3.8) is 0 Å². The summed E-state index contributed by atoms with van der Waals surface area (Å²) in [7, 11) is 1.59. The van der Waals surface area contributed by atoms with Crippen LogP contribution < -0.4 is 15.0 Å².